The molecule has 92 valence electrons. The third kappa shape index (κ3) is 4.44. The highest BCUT2D eigenvalue weighted by Gasteiger charge is 2.39. The Labute approximate surface area is 96.3 Å². The van der Waals surface area contributed by atoms with Gasteiger partial charge >= 0.3 is 7.60 Å². The summed E-state index contributed by atoms with van der Waals surface area (Å²) in [5, 5.41) is 8.83. The van der Waals surface area contributed by atoms with Crippen LogP contribution in [0.25, 0.3) is 0 Å². The van der Waals surface area contributed by atoms with Crippen LogP contribution in [0.4, 0.5) is 0 Å². The average Bonchev–Trinajstić information content (AvgIpc) is 2.24. The van der Waals surface area contributed by atoms with Gasteiger partial charge in [0.15, 0.2) is 5.78 Å². The minimum absolute atomic E-state index is 0.215. The van der Waals surface area contributed by atoms with E-state index in [-0.39, 0.29) is 13.2 Å². The Morgan fingerprint density at radius 1 is 1.31 bits per heavy atom. The van der Waals surface area contributed by atoms with Crippen LogP contribution in [0.2, 0.25) is 0 Å². The molecule has 0 N–H and O–H groups in total. The minimum Gasteiger partial charge on any atom is -0.307 e. The number of carbonyl (C=O) groups is 1. The van der Waals surface area contributed by atoms with Crippen LogP contribution in [0, 0.1) is 11.3 Å². The number of Topliss-reactive ketones (excluding diaryl/α,β-unsaturated/α-hetero) is 1. The Bertz CT molecular complexity index is 298. The summed E-state index contributed by atoms with van der Waals surface area (Å²) in [6, 6.07) is 1.70. The first-order valence-corrected chi connectivity index (χ1v) is 6.91. The van der Waals surface area contributed by atoms with E-state index in [0.29, 0.717) is 12.8 Å². The molecule has 1 atom stereocenters. The molecule has 0 heterocycles. The predicted molar refractivity (Wildman–Crippen MR) is 60.2 cm³/mol. The van der Waals surface area contributed by atoms with E-state index in [1.165, 1.54) is 6.92 Å². The molecule has 0 aromatic carbocycles. The Morgan fingerprint density at radius 2 is 1.75 bits per heavy atom. The second kappa shape index (κ2) is 7.56. The Kier molecular flexibility index (Phi) is 7.24. The van der Waals surface area contributed by atoms with Crippen molar-refractivity contribution in [1.82, 2.24) is 0 Å². The van der Waals surface area contributed by atoms with Gasteiger partial charge in [-0.15, -0.1) is 0 Å². The smallest absolute Gasteiger partial charge is 0.307 e. The first-order valence-electron chi connectivity index (χ1n) is 5.30. The summed E-state index contributed by atoms with van der Waals surface area (Å²) >= 11 is 0. The molecule has 0 spiro atoms. The number of hydrogen-bond donors (Lipinski definition) is 0. The van der Waals surface area contributed by atoms with Crippen LogP contribution < -0.4 is 0 Å². The predicted octanol–water partition coefficient (Wildman–Crippen LogP) is 2.51. The Hall–Kier alpha value is -0.690. The zero-order valence-electron chi connectivity index (χ0n) is 9.93. The normalized spacial score (nSPS) is 13.1. The molecule has 0 aromatic rings. The number of nitriles is 1. The van der Waals surface area contributed by atoms with Crippen LogP contribution in [0.5, 0.6) is 0 Å². The summed E-state index contributed by atoms with van der Waals surface area (Å²) in [5.74, 6) is -0.488. The third-order valence-electron chi connectivity index (χ3n) is 1.77. The van der Waals surface area contributed by atoms with Gasteiger partial charge in [0.2, 0.25) is 5.66 Å². The molecule has 1 unspecified atom stereocenters. The van der Waals surface area contributed by atoms with E-state index < -0.39 is 19.0 Å². The van der Waals surface area contributed by atoms with Crippen LogP contribution in [0.3, 0.4) is 0 Å². The molecule has 0 fully saturated rings. The van der Waals surface area contributed by atoms with Gasteiger partial charge in [-0.2, -0.15) is 5.26 Å². The van der Waals surface area contributed by atoms with Crippen molar-refractivity contribution in [2.24, 2.45) is 0 Å². The van der Waals surface area contributed by atoms with Crippen molar-refractivity contribution < 1.29 is 18.4 Å². The maximum absolute atomic E-state index is 12.2. The van der Waals surface area contributed by atoms with E-state index >= 15 is 0 Å². The van der Waals surface area contributed by atoms with E-state index in [0.717, 1.165) is 0 Å². The number of nitrogens with zero attached hydrogens (tertiary/aromatic N) is 1. The summed E-state index contributed by atoms with van der Waals surface area (Å²) in [6.07, 6.45) is 1.30. The van der Waals surface area contributed by atoms with Crippen molar-refractivity contribution in [3.05, 3.63) is 0 Å². The molecular formula is C10H18NO4P. The zero-order chi connectivity index (χ0) is 12.6. The zero-order valence-corrected chi connectivity index (χ0v) is 10.8. The lowest BCUT2D eigenvalue weighted by molar-refractivity contribution is -0.116. The largest absolute Gasteiger partial charge is 0.355 e. The summed E-state index contributed by atoms with van der Waals surface area (Å²) in [6.45, 7) is 5.34. The van der Waals surface area contributed by atoms with Crippen molar-refractivity contribution in [1.29, 1.82) is 5.26 Å². The van der Waals surface area contributed by atoms with E-state index in [1.54, 1.807) is 6.07 Å². The summed E-state index contributed by atoms with van der Waals surface area (Å²) in [7, 11) is -3.63. The van der Waals surface area contributed by atoms with Gasteiger partial charge in [-0.25, -0.2) is 0 Å². The number of ketones is 1. The fourth-order valence-corrected chi connectivity index (χ4v) is 2.84. The molecule has 0 aromatic heterocycles. The first-order chi connectivity index (χ1) is 7.51. The molecule has 0 radical (unpaired) electrons. The second-order valence-electron chi connectivity index (χ2n) is 3.35. The fraction of sp³-hybridized carbons (Fsp3) is 0.800. The van der Waals surface area contributed by atoms with Crippen molar-refractivity contribution in [3.8, 4) is 6.07 Å². The summed E-state index contributed by atoms with van der Waals surface area (Å²) < 4.78 is 22.4. The molecule has 0 aliphatic carbocycles. The van der Waals surface area contributed by atoms with Crippen molar-refractivity contribution in [2.45, 2.75) is 39.3 Å². The van der Waals surface area contributed by atoms with E-state index in [9.17, 15) is 9.36 Å². The molecule has 0 amide bonds. The minimum atomic E-state index is -3.63. The van der Waals surface area contributed by atoms with E-state index in [1.807, 2.05) is 13.8 Å². The molecule has 0 rings (SSSR count). The van der Waals surface area contributed by atoms with Gasteiger partial charge in [0.1, 0.15) is 0 Å². The van der Waals surface area contributed by atoms with E-state index in [2.05, 4.69) is 0 Å². The molecule has 0 aliphatic rings. The number of hydrogen-bond acceptors (Lipinski definition) is 5. The highest BCUT2D eigenvalue weighted by Crippen LogP contribution is 2.53. The lowest BCUT2D eigenvalue weighted by atomic mass is 10.3. The average molecular weight is 247 g/mol. The molecule has 16 heavy (non-hydrogen) atoms. The van der Waals surface area contributed by atoms with Crippen molar-refractivity contribution >= 4 is 13.4 Å². The lowest BCUT2D eigenvalue weighted by Gasteiger charge is -2.20. The standard InChI is InChI=1S/C10H18NO4P/c1-4-6-14-16(13,15-7-5-2)10(8-11)9(3)12/h10H,4-7H2,1-3H3. The Morgan fingerprint density at radius 3 is 2.00 bits per heavy atom. The lowest BCUT2D eigenvalue weighted by Crippen LogP contribution is -2.19. The molecule has 0 saturated heterocycles. The molecule has 0 aliphatic heterocycles. The van der Waals surface area contributed by atoms with E-state index in [4.69, 9.17) is 14.3 Å². The first kappa shape index (κ1) is 15.3. The van der Waals surface area contributed by atoms with Gasteiger partial charge in [0, 0.05) is 0 Å². The van der Waals surface area contributed by atoms with Gasteiger partial charge < -0.3 is 9.05 Å². The van der Waals surface area contributed by atoms with Crippen LogP contribution in [-0.2, 0) is 18.4 Å². The topological polar surface area (TPSA) is 76.4 Å². The van der Waals surface area contributed by atoms with Gasteiger partial charge in [0.05, 0.1) is 19.3 Å². The Balaban J connectivity index is 4.82. The maximum atomic E-state index is 12.2. The maximum Gasteiger partial charge on any atom is 0.355 e. The number of rotatable bonds is 8. The van der Waals surface area contributed by atoms with Gasteiger partial charge in [-0.05, 0) is 19.8 Å². The quantitative estimate of drug-likeness (QED) is 0.616. The van der Waals surface area contributed by atoms with Crippen molar-refractivity contribution in [2.75, 3.05) is 13.2 Å². The number of carbonyl (C=O) groups excluding carboxylic acids is 1. The highest BCUT2D eigenvalue weighted by molar-refractivity contribution is 7.56. The molecule has 5 nitrogen and oxygen atoms in total. The molecular weight excluding hydrogens is 229 g/mol. The monoisotopic (exact) mass is 247 g/mol. The second-order valence-corrected chi connectivity index (χ2v) is 5.46. The molecule has 0 saturated carbocycles. The van der Waals surface area contributed by atoms with Crippen molar-refractivity contribution in [3.63, 3.8) is 0 Å². The van der Waals surface area contributed by atoms with Crippen LogP contribution >= 0.6 is 7.60 Å². The van der Waals surface area contributed by atoms with Gasteiger partial charge in [0.25, 0.3) is 0 Å². The third-order valence-corrected chi connectivity index (χ3v) is 3.97. The van der Waals surface area contributed by atoms with Crippen LogP contribution in [0.15, 0.2) is 0 Å². The SMILES string of the molecule is CCCOP(=O)(OCCC)C(C#N)C(C)=O. The van der Waals surface area contributed by atoms with Gasteiger partial charge in [-0.1, -0.05) is 13.8 Å². The summed E-state index contributed by atoms with van der Waals surface area (Å²) in [5.41, 5.74) is -1.31. The molecule has 6 heteroatoms. The molecule has 0 bridgehead atoms. The fourth-order valence-electron chi connectivity index (χ4n) is 1.01. The highest BCUT2D eigenvalue weighted by atomic mass is 31.2. The van der Waals surface area contributed by atoms with Crippen LogP contribution in [0.1, 0.15) is 33.6 Å². The van der Waals surface area contributed by atoms with Gasteiger partial charge in [-0.3, -0.25) is 9.36 Å². The summed E-state index contributed by atoms with van der Waals surface area (Å²) in [4.78, 5) is 11.2. The van der Waals surface area contributed by atoms with Crippen LogP contribution in [-0.4, -0.2) is 24.7 Å².